The van der Waals surface area contributed by atoms with Crippen LogP contribution in [0.3, 0.4) is 0 Å². The number of carbonyl (C=O) groups is 2. The van der Waals surface area contributed by atoms with Crippen LogP contribution in [0, 0.1) is 6.92 Å². The van der Waals surface area contributed by atoms with Crippen LogP contribution in [0.5, 0.6) is 0 Å². The number of carbonyl (C=O) groups excluding carboxylic acids is 2. The zero-order valence-electron chi connectivity index (χ0n) is 11.0. The Labute approximate surface area is 111 Å². The summed E-state index contributed by atoms with van der Waals surface area (Å²) in [5.74, 6) is 0.0616. The quantitative estimate of drug-likeness (QED) is 0.584. The molecule has 1 rings (SSSR count). The Morgan fingerprint density at radius 2 is 1.68 bits per heavy atom. The van der Waals surface area contributed by atoms with E-state index in [2.05, 4.69) is 9.97 Å². The maximum absolute atomic E-state index is 11.1. The summed E-state index contributed by atoms with van der Waals surface area (Å²) in [5, 5.41) is 0. The van der Waals surface area contributed by atoms with Gasteiger partial charge in [0.15, 0.2) is 0 Å². The molecule has 0 atom stereocenters. The highest BCUT2D eigenvalue weighted by Gasteiger charge is 2.18. The molecule has 0 bridgehead atoms. The normalized spacial score (nSPS) is 10.2. The molecule has 6 N–H and O–H groups in total. The Bertz CT molecular complexity index is 486. The van der Waals surface area contributed by atoms with Gasteiger partial charge in [-0.1, -0.05) is 6.92 Å². The highest BCUT2D eigenvalue weighted by atomic mass is 16.2. The van der Waals surface area contributed by atoms with Gasteiger partial charge in [0.2, 0.25) is 11.8 Å². The molecule has 0 aliphatic carbocycles. The van der Waals surface area contributed by atoms with E-state index in [4.69, 9.17) is 17.2 Å². The number of nitrogens with two attached hydrogens (primary N) is 3. The van der Waals surface area contributed by atoms with Crippen LogP contribution in [-0.4, -0.2) is 34.9 Å². The van der Waals surface area contributed by atoms with E-state index in [0.717, 1.165) is 0 Å². The van der Waals surface area contributed by atoms with Crippen LogP contribution in [0.4, 0.5) is 11.6 Å². The predicted octanol–water partition coefficient (Wildman–Crippen LogP) is -1.29. The molecule has 19 heavy (non-hydrogen) atoms. The zero-order chi connectivity index (χ0) is 14.6. The van der Waals surface area contributed by atoms with Crippen molar-refractivity contribution in [2.24, 2.45) is 11.5 Å². The van der Waals surface area contributed by atoms with E-state index in [0.29, 0.717) is 29.4 Å². The van der Waals surface area contributed by atoms with Crippen LogP contribution in [0.1, 0.15) is 18.3 Å². The van der Waals surface area contributed by atoms with Gasteiger partial charge in [-0.05, 0) is 6.92 Å². The number of anilines is 2. The second kappa shape index (κ2) is 5.98. The summed E-state index contributed by atoms with van der Waals surface area (Å²) in [6, 6.07) is 0. The van der Waals surface area contributed by atoms with E-state index in [1.54, 1.807) is 6.92 Å². The van der Waals surface area contributed by atoms with Crippen molar-refractivity contribution >= 4 is 23.5 Å². The summed E-state index contributed by atoms with van der Waals surface area (Å²) < 4.78 is 0. The van der Waals surface area contributed by atoms with Crippen molar-refractivity contribution in [1.82, 2.24) is 9.97 Å². The highest BCUT2D eigenvalue weighted by molar-refractivity contribution is 5.85. The monoisotopic (exact) mass is 266 g/mol. The molecule has 0 spiro atoms. The van der Waals surface area contributed by atoms with Gasteiger partial charge in [0.05, 0.1) is 13.1 Å². The van der Waals surface area contributed by atoms with Gasteiger partial charge in [-0.3, -0.25) is 9.59 Å². The van der Waals surface area contributed by atoms with E-state index >= 15 is 0 Å². The summed E-state index contributed by atoms with van der Waals surface area (Å²) in [7, 11) is 0. The average Bonchev–Trinajstić information content (AvgIpc) is 2.30. The Hall–Kier alpha value is -2.38. The van der Waals surface area contributed by atoms with Crippen LogP contribution in [-0.2, 0) is 16.0 Å². The lowest BCUT2D eigenvalue weighted by atomic mass is 10.2. The fraction of sp³-hybridized carbons (Fsp3) is 0.455. The maximum atomic E-state index is 11.1. The minimum atomic E-state index is -0.587. The molecule has 104 valence electrons. The summed E-state index contributed by atoms with van der Waals surface area (Å²) in [4.78, 5) is 31.9. The van der Waals surface area contributed by atoms with Crippen LogP contribution in [0.2, 0.25) is 0 Å². The van der Waals surface area contributed by atoms with Gasteiger partial charge >= 0.3 is 0 Å². The van der Waals surface area contributed by atoms with Gasteiger partial charge in [-0.15, -0.1) is 0 Å². The maximum Gasteiger partial charge on any atom is 0.237 e. The molecule has 0 aliphatic rings. The predicted molar refractivity (Wildman–Crippen MR) is 71.2 cm³/mol. The molecule has 2 amide bonds. The fourth-order valence-electron chi connectivity index (χ4n) is 1.62. The van der Waals surface area contributed by atoms with Crippen molar-refractivity contribution in [2.75, 3.05) is 23.7 Å². The molecule has 8 nitrogen and oxygen atoms in total. The van der Waals surface area contributed by atoms with E-state index in [-0.39, 0.29) is 13.1 Å². The van der Waals surface area contributed by atoms with Crippen LogP contribution >= 0.6 is 0 Å². The molecule has 0 unspecified atom stereocenters. The van der Waals surface area contributed by atoms with Gasteiger partial charge in [-0.25, -0.2) is 9.97 Å². The first-order chi connectivity index (χ1) is 8.85. The minimum Gasteiger partial charge on any atom is -0.383 e. The van der Waals surface area contributed by atoms with Crippen LogP contribution in [0.25, 0.3) is 0 Å². The second-order valence-electron chi connectivity index (χ2n) is 4.12. The lowest BCUT2D eigenvalue weighted by molar-refractivity contribution is -0.117. The molecule has 1 aromatic heterocycles. The number of nitrogens with zero attached hydrogens (tertiary/aromatic N) is 3. The molecule has 0 saturated carbocycles. The fourth-order valence-corrected chi connectivity index (χ4v) is 1.62. The zero-order valence-corrected chi connectivity index (χ0v) is 11.0. The van der Waals surface area contributed by atoms with Crippen molar-refractivity contribution in [3.05, 3.63) is 11.4 Å². The highest BCUT2D eigenvalue weighted by Crippen LogP contribution is 2.21. The number of amides is 2. The minimum absolute atomic E-state index is 0.163. The number of aromatic nitrogens is 2. The van der Waals surface area contributed by atoms with Crippen molar-refractivity contribution in [3.63, 3.8) is 0 Å². The number of hydrogen-bond donors (Lipinski definition) is 3. The number of aryl methyl sites for hydroxylation is 1. The average molecular weight is 266 g/mol. The number of nitrogen functional groups attached to an aromatic ring is 1. The summed E-state index contributed by atoms with van der Waals surface area (Å²) >= 11 is 0. The summed E-state index contributed by atoms with van der Waals surface area (Å²) in [6.07, 6.45) is 0.582. The molecule has 0 fully saturated rings. The Morgan fingerprint density at radius 3 is 2.11 bits per heavy atom. The largest absolute Gasteiger partial charge is 0.383 e. The first-order valence-electron chi connectivity index (χ1n) is 5.79. The van der Waals surface area contributed by atoms with Crippen LogP contribution in [0.15, 0.2) is 0 Å². The molecular weight excluding hydrogens is 248 g/mol. The van der Waals surface area contributed by atoms with Gasteiger partial charge in [0.25, 0.3) is 0 Å². The lowest BCUT2D eigenvalue weighted by Crippen LogP contribution is -2.40. The van der Waals surface area contributed by atoms with E-state index < -0.39 is 11.8 Å². The molecule has 8 heteroatoms. The number of primary amides is 2. The van der Waals surface area contributed by atoms with Crippen molar-refractivity contribution in [3.8, 4) is 0 Å². The second-order valence-corrected chi connectivity index (χ2v) is 4.12. The third-order valence-electron chi connectivity index (χ3n) is 2.51. The van der Waals surface area contributed by atoms with E-state index in [1.807, 2.05) is 6.92 Å². The smallest absolute Gasteiger partial charge is 0.237 e. The Morgan fingerprint density at radius 1 is 1.16 bits per heavy atom. The van der Waals surface area contributed by atoms with E-state index in [9.17, 15) is 9.59 Å². The molecule has 0 saturated heterocycles. The third-order valence-corrected chi connectivity index (χ3v) is 2.51. The summed E-state index contributed by atoms with van der Waals surface area (Å²) in [5.41, 5.74) is 16.7. The van der Waals surface area contributed by atoms with Gasteiger partial charge in [-0.2, -0.15) is 0 Å². The van der Waals surface area contributed by atoms with Gasteiger partial charge in [0, 0.05) is 12.0 Å². The van der Waals surface area contributed by atoms with Crippen molar-refractivity contribution < 1.29 is 9.59 Å². The van der Waals surface area contributed by atoms with Crippen LogP contribution < -0.4 is 22.1 Å². The van der Waals surface area contributed by atoms with Gasteiger partial charge in [0.1, 0.15) is 17.5 Å². The molecule has 0 aliphatic heterocycles. The first-order valence-corrected chi connectivity index (χ1v) is 5.79. The van der Waals surface area contributed by atoms with Crippen molar-refractivity contribution in [1.29, 1.82) is 0 Å². The topological polar surface area (TPSA) is 141 Å². The lowest BCUT2D eigenvalue weighted by Gasteiger charge is -2.23. The number of hydrogen-bond acceptors (Lipinski definition) is 6. The van der Waals surface area contributed by atoms with E-state index in [1.165, 1.54) is 4.90 Å². The molecule has 0 radical (unpaired) electrons. The molecule has 1 heterocycles. The van der Waals surface area contributed by atoms with Crippen molar-refractivity contribution in [2.45, 2.75) is 20.3 Å². The van der Waals surface area contributed by atoms with Gasteiger partial charge < -0.3 is 22.1 Å². The number of rotatable bonds is 6. The standard InChI is InChI=1S/C11H18N6O2/c1-3-9-15-10(14)6(2)11(16-9)17(4-7(12)18)5-8(13)19/h3-5H2,1-2H3,(H2,12,18)(H2,13,19)(H2,14,15,16). The Balaban J connectivity index is 3.23. The molecule has 1 aromatic rings. The Kier molecular flexibility index (Phi) is 4.62. The summed E-state index contributed by atoms with van der Waals surface area (Å²) in [6.45, 7) is 3.26. The SMILES string of the molecule is CCc1nc(N)c(C)c(N(CC(N)=O)CC(N)=O)n1. The third kappa shape index (κ3) is 3.80. The first kappa shape index (κ1) is 14.7. The molecule has 0 aromatic carbocycles. The molecular formula is C11H18N6O2.